The molecule has 0 bridgehead atoms. The Labute approximate surface area is 159 Å². The van der Waals surface area contributed by atoms with Gasteiger partial charge in [0.15, 0.2) is 0 Å². The van der Waals surface area contributed by atoms with E-state index in [1.807, 2.05) is 22.9 Å². The summed E-state index contributed by atoms with van der Waals surface area (Å²) >= 11 is 1.71. The molecule has 17 heteroatoms. The molecular weight excluding hydrogens is 380 g/mol. The standard InChI is InChI=1S/C4H4S.3BF4.K.H/c1-2-4-5-3-1;3*2-1(3,4)5;;/h1-4H;;;;;/q;3*-1;+1;-1. The molecule has 21 heavy (non-hydrogen) atoms. The molecule has 0 spiro atoms. The van der Waals surface area contributed by atoms with Crippen LogP contribution in [0.25, 0.3) is 0 Å². The first-order chi connectivity index (χ1) is 8.50. The van der Waals surface area contributed by atoms with Gasteiger partial charge >= 0.3 is 73.1 Å². The number of thiophene rings is 1. The summed E-state index contributed by atoms with van der Waals surface area (Å²) < 4.78 is 117. The summed E-state index contributed by atoms with van der Waals surface area (Å²) in [7, 11) is -18.0. The molecular formula is C4H5B3F12KS-3. The maximum atomic E-state index is 9.75. The average molecular weight is 385 g/mol. The molecule has 0 saturated carbocycles. The van der Waals surface area contributed by atoms with Crippen LogP contribution in [-0.2, 0) is 0 Å². The predicted octanol–water partition coefficient (Wildman–Crippen LogP) is 2.76. The predicted molar refractivity (Wildman–Crippen MR) is 56.0 cm³/mol. The number of rotatable bonds is 0. The maximum Gasteiger partial charge on any atom is 1.00 e. The molecule has 0 radical (unpaired) electrons. The molecule has 0 aromatic carbocycles. The SMILES string of the molecule is F[B-](F)(F)F.F[B-](F)(F)F.F[B-](F)(F)F.[H-].[K+].c1ccsc1. The van der Waals surface area contributed by atoms with Crippen LogP contribution in [0.3, 0.4) is 0 Å². The van der Waals surface area contributed by atoms with E-state index >= 15 is 0 Å². The van der Waals surface area contributed by atoms with Crippen molar-refractivity contribution in [2.24, 2.45) is 0 Å². The third-order valence-corrected chi connectivity index (χ3v) is 1.05. The average Bonchev–Trinajstić information content (AvgIpc) is 2.45. The summed E-state index contributed by atoms with van der Waals surface area (Å²) in [4.78, 5) is 0. The first-order valence-corrected chi connectivity index (χ1v) is 5.03. The summed E-state index contributed by atoms with van der Waals surface area (Å²) in [5.74, 6) is 0. The van der Waals surface area contributed by atoms with E-state index in [0.717, 1.165) is 0 Å². The molecule has 1 aromatic rings. The Kier molecular flexibility index (Phi) is 20.2. The molecule has 1 rings (SSSR count). The van der Waals surface area contributed by atoms with Gasteiger partial charge in [0.1, 0.15) is 0 Å². The van der Waals surface area contributed by atoms with E-state index < -0.39 is 21.8 Å². The fourth-order valence-electron chi connectivity index (χ4n) is 0.227. The minimum Gasteiger partial charge on any atom is -1.00 e. The van der Waals surface area contributed by atoms with Gasteiger partial charge in [-0.2, -0.15) is 11.3 Å². The van der Waals surface area contributed by atoms with Crippen LogP contribution in [0.5, 0.6) is 0 Å². The fourth-order valence-corrected chi connectivity index (χ4v) is 0.680. The van der Waals surface area contributed by atoms with E-state index in [1.54, 1.807) is 11.3 Å². The van der Waals surface area contributed by atoms with Crippen molar-refractivity contribution in [2.75, 3.05) is 0 Å². The van der Waals surface area contributed by atoms with Gasteiger partial charge in [0.05, 0.1) is 0 Å². The molecule has 1 aromatic heterocycles. The summed E-state index contributed by atoms with van der Waals surface area (Å²) in [6, 6.07) is 4.04. The zero-order valence-corrected chi connectivity index (χ0v) is 13.9. The monoisotopic (exact) mass is 385 g/mol. The minimum absolute atomic E-state index is 0. The van der Waals surface area contributed by atoms with Crippen molar-refractivity contribution >= 4 is 33.1 Å². The van der Waals surface area contributed by atoms with Gasteiger partial charge < -0.3 is 53.2 Å². The molecule has 0 atom stereocenters. The van der Waals surface area contributed by atoms with Crippen LogP contribution in [0.15, 0.2) is 22.9 Å². The van der Waals surface area contributed by atoms with E-state index in [9.17, 15) is 51.8 Å². The molecule has 0 saturated heterocycles. The molecule has 0 N–H and O–H groups in total. The fraction of sp³-hybridized carbons (Fsp3) is 0. The first kappa shape index (κ1) is 29.7. The third-order valence-electron chi connectivity index (χ3n) is 0.425. The van der Waals surface area contributed by atoms with E-state index in [1.165, 1.54) is 0 Å². The molecule has 0 amide bonds. The summed E-state index contributed by atoms with van der Waals surface area (Å²) in [6.07, 6.45) is 0. The number of halogens is 12. The molecule has 1 heterocycles. The van der Waals surface area contributed by atoms with Crippen molar-refractivity contribution in [3.05, 3.63) is 22.9 Å². The Morgan fingerprint density at radius 1 is 0.524 bits per heavy atom. The van der Waals surface area contributed by atoms with Crippen molar-refractivity contribution in [1.29, 1.82) is 0 Å². The molecule has 0 nitrogen and oxygen atoms in total. The topological polar surface area (TPSA) is 0 Å². The van der Waals surface area contributed by atoms with Crippen molar-refractivity contribution in [1.82, 2.24) is 0 Å². The van der Waals surface area contributed by atoms with Crippen molar-refractivity contribution in [3.63, 3.8) is 0 Å². The summed E-state index contributed by atoms with van der Waals surface area (Å²) in [6.45, 7) is 0. The first-order valence-electron chi connectivity index (χ1n) is 4.09. The van der Waals surface area contributed by atoms with Crippen LogP contribution < -0.4 is 51.4 Å². The van der Waals surface area contributed by atoms with Gasteiger partial charge in [0.25, 0.3) is 0 Å². The van der Waals surface area contributed by atoms with Crippen LogP contribution >= 0.6 is 11.3 Å². The van der Waals surface area contributed by atoms with Gasteiger partial charge in [-0.1, -0.05) is 12.1 Å². The summed E-state index contributed by atoms with van der Waals surface area (Å²) in [5.41, 5.74) is 0. The Balaban J connectivity index is -0.0000000567. The largest absolute Gasteiger partial charge is 1.00 e. The van der Waals surface area contributed by atoms with Crippen LogP contribution in [0.2, 0.25) is 0 Å². The van der Waals surface area contributed by atoms with E-state index in [0.29, 0.717) is 0 Å². The second-order valence-electron chi connectivity index (χ2n) is 2.28. The molecule has 124 valence electrons. The second kappa shape index (κ2) is 14.3. The Hall–Kier alpha value is 0.691. The quantitative estimate of drug-likeness (QED) is 0.477. The Bertz CT molecular complexity index is 235. The van der Waals surface area contributed by atoms with Crippen molar-refractivity contribution in [2.45, 2.75) is 0 Å². The number of hydrogen-bond acceptors (Lipinski definition) is 1. The van der Waals surface area contributed by atoms with Crippen molar-refractivity contribution in [3.8, 4) is 0 Å². The molecule has 0 aliphatic carbocycles. The normalized spacial score (nSPS) is 10.5. The third kappa shape index (κ3) is 223. The van der Waals surface area contributed by atoms with Crippen molar-refractivity contribution < 1.29 is 105 Å². The molecule has 0 aliphatic heterocycles. The van der Waals surface area contributed by atoms with Crippen LogP contribution in [0, 0.1) is 0 Å². The van der Waals surface area contributed by atoms with Gasteiger partial charge in [0, 0.05) is 0 Å². The van der Waals surface area contributed by atoms with Gasteiger partial charge in [-0.3, -0.25) is 0 Å². The van der Waals surface area contributed by atoms with Crippen LogP contribution in [0.1, 0.15) is 1.43 Å². The maximum absolute atomic E-state index is 9.75. The van der Waals surface area contributed by atoms with Gasteiger partial charge in [-0.15, -0.1) is 0 Å². The smallest absolute Gasteiger partial charge is 1.00 e. The van der Waals surface area contributed by atoms with E-state index in [4.69, 9.17) is 0 Å². The van der Waals surface area contributed by atoms with Crippen LogP contribution in [0.4, 0.5) is 51.8 Å². The van der Waals surface area contributed by atoms with Crippen LogP contribution in [-0.4, -0.2) is 21.8 Å². The van der Waals surface area contributed by atoms with E-state index in [-0.39, 0.29) is 52.8 Å². The zero-order valence-electron chi connectivity index (χ0n) is 11.0. The minimum atomic E-state index is -6.00. The zero-order chi connectivity index (χ0) is 17.0. The Morgan fingerprint density at radius 2 is 0.667 bits per heavy atom. The van der Waals surface area contributed by atoms with E-state index in [2.05, 4.69) is 0 Å². The summed E-state index contributed by atoms with van der Waals surface area (Å²) in [5, 5.41) is 4.08. The second-order valence-corrected chi connectivity index (χ2v) is 3.09. The van der Waals surface area contributed by atoms with Gasteiger partial charge in [0.2, 0.25) is 0 Å². The molecule has 0 fully saturated rings. The van der Waals surface area contributed by atoms with Gasteiger partial charge in [-0.25, -0.2) is 0 Å². The number of hydrogen-bond donors (Lipinski definition) is 0. The Morgan fingerprint density at radius 3 is 0.714 bits per heavy atom. The van der Waals surface area contributed by atoms with Gasteiger partial charge in [-0.05, 0) is 10.8 Å². The molecule has 0 unspecified atom stereocenters. The molecule has 0 aliphatic rings.